The molecule has 0 saturated heterocycles. The third-order valence-corrected chi connectivity index (χ3v) is 4.53. The first kappa shape index (κ1) is 18.2. The molecule has 1 amide bonds. The second-order valence-electron chi connectivity index (χ2n) is 6.29. The van der Waals surface area contributed by atoms with Crippen LogP contribution >= 0.6 is 0 Å². The summed E-state index contributed by atoms with van der Waals surface area (Å²) in [5, 5.41) is 5.80. The number of amides is 1. The zero-order valence-corrected chi connectivity index (χ0v) is 15.1. The molecule has 1 aromatic heterocycles. The number of unbranched alkanes of at least 4 members (excludes halogenated alkanes) is 1. The van der Waals surface area contributed by atoms with E-state index in [1.54, 1.807) is 6.07 Å². The summed E-state index contributed by atoms with van der Waals surface area (Å²) in [5.74, 6) is -0.0397. The fourth-order valence-corrected chi connectivity index (χ4v) is 2.87. The van der Waals surface area contributed by atoms with Crippen molar-refractivity contribution in [2.45, 2.75) is 59.5 Å². The smallest absolute Gasteiger partial charge is 0.275 e. The van der Waals surface area contributed by atoms with Gasteiger partial charge in [0, 0.05) is 18.0 Å². The third kappa shape index (κ3) is 3.83. The van der Waals surface area contributed by atoms with Crippen LogP contribution in [0.15, 0.2) is 29.1 Å². The van der Waals surface area contributed by atoms with Crippen molar-refractivity contribution >= 4 is 16.7 Å². The average Bonchev–Trinajstić information content (AvgIpc) is 2.59. The number of fused-ring (bicyclic) bond motifs is 1. The molecule has 24 heavy (non-hydrogen) atoms. The molecule has 5 heteroatoms. The van der Waals surface area contributed by atoms with Gasteiger partial charge in [0.2, 0.25) is 5.91 Å². The molecule has 1 aromatic carbocycles. The second kappa shape index (κ2) is 8.08. The van der Waals surface area contributed by atoms with Crippen LogP contribution in [-0.4, -0.2) is 33.2 Å². The molecular formula is C19H27N3O2. The Morgan fingerprint density at radius 1 is 1.25 bits per heavy atom. The van der Waals surface area contributed by atoms with Crippen molar-refractivity contribution < 1.29 is 4.79 Å². The quantitative estimate of drug-likeness (QED) is 0.784. The molecule has 0 saturated carbocycles. The highest BCUT2D eigenvalue weighted by Gasteiger charge is 2.20. The summed E-state index contributed by atoms with van der Waals surface area (Å²) in [6, 6.07) is 7.57. The van der Waals surface area contributed by atoms with Crippen LogP contribution < -0.4 is 5.56 Å². The van der Waals surface area contributed by atoms with Crippen molar-refractivity contribution in [1.82, 2.24) is 14.7 Å². The fraction of sp³-hybridized carbons (Fsp3) is 0.526. The number of hydrogen-bond acceptors (Lipinski definition) is 3. The van der Waals surface area contributed by atoms with Crippen LogP contribution in [-0.2, 0) is 11.3 Å². The highest BCUT2D eigenvalue weighted by molar-refractivity contribution is 5.83. The lowest BCUT2D eigenvalue weighted by molar-refractivity contribution is -0.134. The van der Waals surface area contributed by atoms with Crippen LogP contribution in [0.1, 0.15) is 45.7 Å². The zero-order valence-electron chi connectivity index (χ0n) is 15.1. The van der Waals surface area contributed by atoms with Crippen molar-refractivity contribution in [2.24, 2.45) is 0 Å². The number of nitrogens with zero attached hydrogens (tertiary/aromatic N) is 3. The van der Waals surface area contributed by atoms with Crippen LogP contribution in [0.25, 0.3) is 10.8 Å². The van der Waals surface area contributed by atoms with Gasteiger partial charge in [-0.15, -0.1) is 0 Å². The maximum atomic E-state index is 12.7. The fourth-order valence-electron chi connectivity index (χ4n) is 2.87. The maximum Gasteiger partial charge on any atom is 0.275 e. The first-order chi connectivity index (χ1) is 11.5. The van der Waals surface area contributed by atoms with Crippen LogP contribution in [0.5, 0.6) is 0 Å². The minimum absolute atomic E-state index is 0.00143. The van der Waals surface area contributed by atoms with E-state index in [1.807, 2.05) is 30.0 Å². The summed E-state index contributed by atoms with van der Waals surface area (Å²) in [6.45, 7) is 8.82. The standard InChI is InChI=1S/C19H27N3O2/c1-5-7-12-21(14(3)6-2)18(23)13-22-19(24)17-11-9-8-10-16(17)15(4)20-22/h8-11,14H,5-7,12-13H2,1-4H3. The van der Waals surface area contributed by atoms with Crippen molar-refractivity contribution in [3.05, 3.63) is 40.3 Å². The molecule has 2 aromatic rings. The molecular weight excluding hydrogens is 302 g/mol. The number of benzene rings is 1. The lowest BCUT2D eigenvalue weighted by Gasteiger charge is -2.28. The van der Waals surface area contributed by atoms with Crippen LogP contribution in [0.2, 0.25) is 0 Å². The second-order valence-corrected chi connectivity index (χ2v) is 6.29. The number of carbonyl (C=O) groups excluding carboxylic acids is 1. The first-order valence-corrected chi connectivity index (χ1v) is 8.75. The van der Waals surface area contributed by atoms with E-state index < -0.39 is 0 Å². The number of carbonyl (C=O) groups is 1. The molecule has 0 bridgehead atoms. The third-order valence-electron chi connectivity index (χ3n) is 4.53. The minimum Gasteiger partial charge on any atom is -0.338 e. The Kier molecular flexibility index (Phi) is 6.12. The Labute approximate surface area is 143 Å². The van der Waals surface area contributed by atoms with E-state index in [0.29, 0.717) is 5.39 Å². The molecule has 0 fully saturated rings. The van der Waals surface area contributed by atoms with E-state index in [1.165, 1.54) is 4.68 Å². The van der Waals surface area contributed by atoms with E-state index >= 15 is 0 Å². The molecule has 2 rings (SSSR count). The predicted molar refractivity (Wildman–Crippen MR) is 97.1 cm³/mol. The summed E-state index contributed by atoms with van der Waals surface area (Å²) in [6.07, 6.45) is 2.90. The molecule has 0 radical (unpaired) electrons. The molecule has 0 spiro atoms. The summed E-state index contributed by atoms with van der Waals surface area (Å²) in [5.41, 5.74) is 0.561. The highest BCUT2D eigenvalue weighted by atomic mass is 16.2. The predicted octanol–water partition coefficient (Wildman–Crippen LogP) is 3.13. The van der Waals surface area contributed by atoms with Gasteiger partial charge in [-0.05, 0) is 32.8 Å². The van der Waals surface area contributed by atoms with Gasteiger partial charge in [0.25, 0.3) is 5.56 Å². The molecule has 1 unspecified atom stereocenters. The number of aromatic nitrogens is 2. The zero-order chi connectivity index (χ0) is 17.7. The van der Waals surface area contributed by atoms with Gasteiger partial charge in [-0.2, -0.15) is 5.10 Å². The Morgan fingerprint density at radius 2 is 1.92 bits per heavy atom. The summed E-state index contributed by atoms with van der Waals surface area (Å²) in [7, 11) is 0. The Morgan fingerprint density at radius 3 is 2.54 bits per heavy atom. The van der Waals surface area contributed by atoms with Crippen molar-refractivity contribution in [3.63, 3.8) is 0 Å². The van der Waals surface area contributed by atoms with Crippen LogP contribution in [0, 0.1) is 6.92 Å². The van der Waals surface area contributed by atoms with Crippen molar-refractivity contribution in [3.8, 4) is 0 Å². The molecule has 0 aliphatic heterocycles. The average molecular weight is 329 g/mol. The number of aryl methyl sites for hydroxylation is 1. The number of rotatable bonds is 7. The van der Waals surface area contributed by atoms with Gasteiger partial charge in [-0.3, -0.25) is 9.59 Å². The van der Waals surface area contributed by atoms with E-state index in [9.17, 15) is 9.59 Å². The van der Waals surface area contributed by atoms with Gasteiger partial charge in [-0.1, -0.05) is 38.5 Å². The lowest BCUT2D eigenvalue weighted by atomic mass is 10.1. The van der Waals surface area contributed by atoms with Gasteiger partial charge in [-0.25, -0.2) is 4.68 Å². The Bertz CT molecular complexity index is 767. The van der Waals surface area contributed by atoms with Crippen molar-refractivity contribution in [1.29, 1.82) is 0 Å². The Balaban J connectivity index is 2.32. The monoisotopic (exact) mass is 329 g/mol. The van der Waals surface area contributed by atoms with E-state index in [0.717, 1.165) is 36.9 Å². The first-order valence-electron chi connectivity index (χ1n) is 8.75. The van der Waals surface area contributed by atoms with Crippen molar-refractivity contribution in [2.75, 3.05) is 6.54 Å². The lowest BCUT2D eigenvalue weighted by Crippen LogP contribution is -2.42. The topological polar surface area (TPSA) is 55.2 Å². The number of hydrogen-bond donors (Lipinski definition) is 0. The van der Waals surface area contributed by atoms with Gasteiger partial charge in [0.15, 0.2) is 0 Å². The molecule has 0 aliphatic carbocycles. The molecule has 1 heterocycles. The highest BCUT2D eigenvalue weighted by Crippen LogP contribution is 2.12. The van der Waals surface area contributed by atoms with Crippen LogP contribution in [0.4, 0.5) is 0 Å². The molecule has 5 nitrogen and oxygen atoms in total. The SMILES string of the molecule is CCCCN(C(=O)Cn1nc(C)c2ccccc2c1=O)C(C)CC. The normalized spacial score (nSPS) is 12.3. The molecule has 0 aliphatic rings. The van der Waals surface area contributed by atoms with Crippen LogP contribution in [0.3, 0.4) is 0 Å². The molecule has 1 atom stereocenters. The van der Waals surface area contributed by atoms with Gasteiger partial charge < -0.3 is 4.90 Å². The summed E-state index contributed by atoms with van der Waals surface area (Å²) < 4.78 is 1.31. The molecule has 0 N–H and O–H groups in total. The van der Waals surface area contributed by atoms with Gasteiger partial charge in [0.05, 0.1) is 11.1 Å². The molecule has 130 valence electrons. The Hall–Kier alpha value is -2.17. The summed E-state index contributed by atoms with van der Waals surface area (Å²) in [4.78, 5) is 27.2. The van der Waals surface area contributed by atoms with Gasteiger partial charge >= 0.3 is 0 Å². The van der Waals surface area contributed by atoms with E-state index in [4.69, 9.17) is 0 Å². The minimum atomic E-state index is -0.204. The summed E-state index contributed by atoms with van der Waals surface area (Å²) >= 11 is 0. The van der Waals surface area contributed by atoms with E-state index in [2.05, 4.69) is 25.9 Å². The maximum absolute atomic E-state index is 12.7. The van der Waals surface area contributed by atoms with Gasteiger partial charge in [0.1, 0.15) is 6.54 Å². The largest absolute Gasteiger partial charge is 0.338 e. The van der Waals surface area contributed by atoms with E-state index in [-0.39, 0.29) is 24.1 Å².